The molecule has 0 aromatic carbocycles. The van der Waals surface area contributed by atoms with Gasteiger partial charge in [0.25, 0.3) is 0 Å². The van der Waals surface area contributed by atoms with Gasteiger partial charge in [-0.1, -0.05) is 0 Å². The van der Waals surface area contributed by atoms with Crippen molar-refractivity contribution in [3.05, 3.63) is 32.3 Å². The molecule has 0 spiro atoms. The number of esters is 1. The number of imidazole rings is 1. The zero-order chi connectivity index (χ0) is 14.0. The number of carbonyl (C=O) groups excluding carboxylic acids is 1. The highest BCUT2D eigenvalue weighted by Crippen LogP contribution is 2.26. The molecular formula is C12H14BrN3O2S. The predicted octanol–water partition coefficient (Wildman–Crippen LogP) is 2.82. The van der Waals surface area contributed by atoms with Gasteiger partial charge < -0.3 is 15.0 Å². The smallest absolute Gasteiger partial charge is 0.360 e. The average molecular weight is 344 g/mol. The van der Waals surface area contributed by atoms with Crippen LogP contribution in [0.1, 0.15) is 28.1 Å². The van der Waals surface area contributed by atoms with Gasteiger partial charge in [0, 0.05) is 9.35 Å². The van der Waals surface area contributed by atoms with Gasteiger partial charge in [-0.3, -0.25) is 0 Å². The van der Waals surface area contributed by atoms with Crippen LogP contribution < -0.4 is 5.73 Å². The Balaban J connectivity index is 2.32. The van der Waals surface area contributed by atoms with Crippen LogP contribution in [-0.2, 0) is 11.3 Å². The normalized spacial score (nSPS) is 10.7. The summed E-state index contributed by atoms with van der Waals surface area (Å²) in [7, 11) is 0. The first-order valence-corrected chi connectivity index (χ1v) is 7.43. The number of anilines is 1. The minimum absolute atomic E-state index is 0.187. The van der Waals surface area contributed by atoms with E-state index in [4.69, 9.17) is 10.5 Å². The van der Waals surface area contributed by atoms with Crippen LogP contribution in [-0.4, -0.2) is 22.1 Å². The molecular weight excluding hydrogens is 330 g/mol. The first-order chi connectivity index (χ1) is 9.04. The second-order valence-electron chi connectivity index (χ2n) is 3.89. The number of hydrogen-bond acceptors (Lipinski definition) is 5. The Hall–Kier alpha value is -1.34. The zero-order valence-electron chi connectivity index (χ0n) is 10.6. The third-order valence-electron chi connectivity index (χ3n) is 2.66. The fourth-order valence-electron chi connectivity index (χ4n) is 1.71. The summed E-state index contributed by atoms with van der Waals surface area (Å²) >= 11 is 5.10. The molecule has 102 valence electrons. The number of ether oxygens (including phenoxy) is 1. The number of thiophene rings is 1. The molecule has 2 heterocycles. The van der Waals surface area contributed by atoms with E-state index in [1.807, 2.05) is 22.9 Å². The second kappa shape index (κ2) is 5.75. The minimum Gasteiger partial charge on any atom is -0.461 e. The molecule has 0 saturated carbocycles. The molecule has 0 amide bonds. The third-order valence-corrected chi connectivity index (χ3v) is 4.57. The molecule has 0 radical (unpaired) electrons. The van der Waals surface area contributed by atoms with Crippen LogP contribution in [0, 0.1) is 6.92 Å². The van der Waals surface area contributed by atoms with Crippen LogP contribution in [0.25, 0.3) is 0 Å². The maximum Gasteiger partial charge on any atom is 0.360 e. The van der Waals surface area contributed by atoms with E-state index in [1.54, 1.807) is 18.3 Å². The molecule has 7 heteroatoms. The zero-order valence-corrected chi connectivity index (χ0v) is 13.0. The summed E-state index contributed by atoms with van der Waals surface area (Å²) in [5, 5.41) is 1.99. The Labute approximate surface area is 123 Å². The van der Waals surface area contributed by atoms with Gasteiger partial charge in [0.2, 0.25) is 0 Å². The highest BCUT2D eigenvalue weighted by atomic mass is 79.9. The van der Waals surface area contributed by atoms with Crippen molar-refractivity contribution in [2.24, 2.45) is 0 Å². The number of hydrogen-bond donors (Lipinski definition) is 1. The number of aromatic nitrogens is 2. The number of halogens is 1. The summed E-state index contributed by atoms with van der Waals surface area (Å²) in [6.07, 6.45) is 0. The molecule has 0 aliphatic heterocycles. The molecule has 2 N–H and O–H groups in total. The molecule has 0 unspecified atom stereocenters. The number of carbonyl (C=O) groups is 1. The van der Waals surface area contributed by atoms with Gasteiger partial charge in [-0.05, 0) is 41.2 Å². The van der Waals surface area contributed by atoms with E-state index in [9.17, 15) is 4.79 Å². The van der Waals surface area contributed by atoms with Crippen LogP contribution in [0.15, 0.2) is 15.9 Å². The number of nitrogens with zero attached hydrogens (tertiary/aromatic N) is 2. The van der Waals surface area contributed by atoms with Crippen molar-refractivity contribution in [2.75, 3.05) is 12.3 Å². The summed E-state index contributed by atoms with van der Waals surface area (Å²) in [5.74, 6) is 0.559. The SMILES string of the molecule is CCOC(=O)c1nc(C)n(Cc2sccc2Br)c1N. The van der Waals surface area contributed by atoms with Crippen LogP contribution in [0.5, 0.6) is 0 Å². The van der Waals surface area contributed by atoms with E-state index >= 15 is 0 Å². The van der Waals surface area contributed by atoms with E-state index in [0.717, 1.165) is 9.35 Å². The molecule has 2 aromatic rings. The maximum atomic E-state index is 11.7. The lowest BCUT2D eigenvalue weighted by atomic mass is 10.4. The van der Waals surface area contributed by atoms with Crippen molar-refractivity contribution < 1.29 is 9.53 Å². The second-order valence-corrected chi connectivity index (χ2v) is 5.75. The van der Waals surface area contributed by atoms with Crippen molar-refractivity contribution in [3.63, 3.8) is 0 Å². The summed E-state index contributed by atoms with van der Waals surface area (Å²) in [6, 6.07) is 1.98. The Morgan fingerprint density at radius 3 is 2.95 bits per heavy atom. The lowest BCUT2D eigenvalue weighted by molar-refractivity contribution is 0.0521. The lowest BCUT2D eigenvalue weighted by Gasteiger charge is -2.06. The van der Waals surface area contributed by atoms with Gasteiger partial charge in [-0.2, -0.15) is 0 Å². The fourth-order valence-corrected chi connectivity index (χ4v) is 3.18. The molecule has 19 heavy (non-hydrogen) atoms. The van der Waals surface area contributed by atoms with Crippen molar-refractivity contribution >= 4 is 39.1 Å². The third kappa shape index (κ3) is 2.82. The number of rotatable bonds is 4. The molecule has 0 saturated heterocycles. The summed E-state index contributed by atoms with van der Waals surface area (Å²) in [6.45, 7) is 4.46. The highest BCUT2D eigenvalue weighted by molar-refractivity contribution is 9.10. The van der Waals surface area contributed by atoms with E-state index in [1.165, 1.54) is 0 Å². The van der Waals surface area contributed by atoms with Gasteiger partial charge in [0.05, 0.1) is 13.2 Å². The predicted molar refractivity (Wildman–Crippen MR) is 78.5 cm³/mol. The van der Waals surface area contributed by atoms with Crippen LogP contribution in [0.3, 0.4) is 0 Å². The Kier molecular flexibility index (Phi) is 4.26. The molecule has 5 nitrogen and oxygen atoms in total. The van der Waals surface area contributed by atoms with Gasteiger partial charge in [-0.15, -0.1) is 11.3 Å². The Morgan fingerprint density at radius 1 is 1.63 bits per heavy atom. The standard InChI is InChI=1S/C12H14BrN3O2S/c1-3-18-12(17)10-11(14)16(7(2)15-10)6-9-8(13)4-5-19-9/h4-5H,3,6,14H2,1-2H3. The van der Waals surface area contributed by atoms with E-state index in [-0.39, 0.29) is 5.69 Å². The van der Waals surface area contributed by atoms with Crippen LogP contribution >= 0.6 is 27.3 Å². The Morgan fingerprint density at radius 2 is 2.37 bits per heavy atom. The average Bonchev–Trinajstić information content (AvgIpc) is 2.88. The first kappa shape index (κ1) is 14.1. The molecule has 0 aliphatic carbocycles. The minimum atomic E-state index is -0.480. The van der Waals surface area contributed by atoms with Crippen molar-refractivity contribution in [3.8, 4) is 0 Å². The summed E-state index contributed by atoms with van der Waals surface area (Å²) in [4.78, 5) is 17.0. The largest absolute Gasteiger partial charge is 0.461 e. The number of nitrogen functional groups attached to an aromatic ring is 1. The highest BCUT2D eigenvalue weighted by Gasteiger charge is 2.20. The Bertz CT molecular complexity index is 606. The number of aryl methyl sites for hydroxylation is 1. The van der Waals surface area contributed by atoms with Crippen molar-refractivity contribution in [1.82, 2.24) is 9.55 Å². The van der Waals surface area contributed by atoms with Crippen LogP contribution in [0.2, 0.25) is 0 Å². The lowest BCUT2D eigenvalue weighted by Crippen LogP contribution is -2.10. The maximum absolute atomic E-state index is 11.7. The fraction of sp³-hybridized carbons (Fsp3) is 0.333. The summed E-state index contributed by atoms with van der Waals surface area (Å²) in [5.41, 5.74) is 6.18. The van der Waals surface area contributed by atoms with Gasteiger partial charge in [0.15, 0.2) is 5.69 Å². The molecule has 0 aliphatic rings. The monoisotopic (exact) mass is 343 g/mol. The van der Waals surface area contributed by atoms with Gasteiger partial charge in [0.1, 0.15) is 11.6 Å². The number of nitrogens with two attached hydrogens (primary N) is 1. The quantitative estimate of drug-likeness (QED) is 0.866. The summed E-state index contributed by atoms with van der Waals surface area (Å²) < 4.78 is 7.77. The first-order valence-electron chi connectivity index (χ1n) is 5.76. The topological polar surface area (TPSA) is 70.1 Å². The van der Waals surface area contributed by atoms with E-state index < -0.39 is 5.97 Å². The molecule has 0 bridgehead atoms. The van der Waals surface area contributed by atoms with E-state index in [0.29, 0.717) is 24.8 Å². The van der Waals surface area contributed by atoms with Crippen LogP contribution in [0.4, 0.5) is 5.82 Å². The van der Waals surface area contributed by atoms with E-state index in [2.05, 4.69) is 20.9 Å². The van der Waals surface area contributed by atoms with Crippen molar-refractivity contribution in [1.29, 1.82) is 0 Å². The molecule has 0 atom stereocenters. The molecule has 0 fully saturated rings. The molecule has 2 aromatic heterocycles. The van der Waals surface area contributed by atoms with Gasteiger partial charge >= 0.3 is 5.97 Å². The van der Waals surface area contributed by atoms with Crippen molar-refractivity contribution in [2.45, 2.75) is 20.4 Å². The molecule has 2 rings (SSSR count). The van der Waals surface area contributed by atoms with Gasteiger partial charge in [-0.25, -0.2) is 9.78 Å².